The Bertz CT molecular complexity index is 690. The molecule has 0 radical (unpaired) electrons. The van der Waals surface area contributed by atoms with Gasteiger partial charge in [-0.15, -0.1) is 0 Å². The minimum atomic E-state index is -3.60. The van der Waals surface area contributed by atoms with Crippen molar-refractivity contribution in [3.63, 3.8) is 0 Å². The van der Waals surface area contributed by atoms with Gasteiger partial charge in [0.15, 0.2) is 0 Å². The summed E-state index contributed by atoms with van der Waals surface area (Å²) < 4.78 is 27.0. The van der Waals surface area contributed by atoms with Crippen molar-refractivity contribution < 1.29 is 13.2 Å². The Morgan fingerprint density at radius 2 is 1.92 bits per heavy atom. The third kappa shape index (κ3) is 5.42. The molecule has 1 unspecified atom stereocenters. The lowest BCUT2D eigenvalue weighted by molar-refractivity contribution is -0.126. The molecule has 0 aliphatic carbocycles. The highest BCUT2D eigenvalue weighted by Crippen LogP contribution is 2.24. The first-order valence-electron chi connectivity index (χ1n) is 9.14. The minimum absolute atomic E-state index is 0.0619. The van der Waals surface area contributed by atoms with Gasteiger partial charge in [-0.05, 0) is 50.2 Å². The largest absolute Gasteiger partial charge is 0.355 e. The fraction of sp³-hybridized carbons (Fsp3) is 0.611. The molecule has 0 spiro atoms. The molecule has 1 amide bonds. The van der Waals surface area contributed by atoms with E-state index in [1.54, 1.807) is 12.1 Å². The maximum atomic E-state index is 12.8. The molecule has 1 aliphatic heterocycles. The summed E-state index contributed by atoms with van der Waals surface area (Å²) in [4.78, 5) is 14.9. The Balaban J connectivity index is 1.95. The van der Waals surface area contributed by atoms with E-state index in [4.69, 9.17) is 11.6 Å². The first-order chi connectivity index (χ1) is 12.4. The molecule has 6 nitrogen and oxygen atoms in total. The van der Waals surface area contributed by atoms with Crippen LogP contribution in [0.3, 0.4) is 0 Å². The predicted molar refractivity (Wildman–Crippen MR) is 104 cm³/mol. The number of hydrogen-bond acceptors (Lipinski definition) is 4. The van der Waals surface area contributed by atoms with Crippen molar-refractivity contribution in [1.82, 2.24) is 14.5 Å². The van der Waals surface area contributed by atoms with E-state index in [1.165, 1.54) is 16.4 Å². The van der Waals surface area contributed by atoms with Gasteiger partial charge in [-0.2, -0.15) is 4.31 Å². The van der Waals surface area contributed by atoms with Gasteiger partial charge in [0.2, 0.25) is 15.9 Å². The van der Waals surface area contributed by atoms with Crippen molar-refractivity contribution in [3.8, 4) is 0 Å². The molecule has 1 saturated heterocycles. The van der Waals surface area contributed by atoms with Gasteiger partial charge in [0.25, 0.3) is 0 Å². The van der Waals surface area contributed by atoms with Crippen LogP contribution in [-0.4, -0.2) is 62.8 Å². The van der Waals surface area contributed by atoms with Crippen molar-refractivity contribution in [2.45, 2.75) is 31.6 Å². The summed E-state index contributed by atoms with van der Waals surface area (Å²) in [5, 5.41) is 3.44. The van der Waals surface area contributed by atoms with Crippen molar-refractivity contribution in [2.24, 2.45) is 5.92 Å². The lowest BCUT2D eigenvalue weighted by Crippen LogP contribution is -2.46. The number of nitrogens with zero attached hydrogens (tertiary/aromatic N) is 2. The monoisotopic (exact) mass is 401 g/mol. The third-order valence-corrected chi connectivity index (χ3v) is 6.96. The predicted octanol–water partition coefficient (Wildman–Crippen LogP) is 2.20. The van der Waals surface area contributed by atoms with Crippen LogP contribution in [0.15, 0.2) is 29.2 Å². The van der Waals surface area contributed by atoms with E-state index in [1.807, 2.05) is 0 Å². The number of carbonyl (C=O) groups is 1. The van der Waals surface area contributed by atoms with Crippen LogP contribution in [0.5, 0.6) is 0 Å². The quantitative estimate of drug-likeness (QED) is 0.725. The second-order valence-corrected chi connectivity index (χ2v) is 8.85. The third-order valence-electron chi connectivity index (χ3n) is 4.83. The number of likely N-dealkylation sites (N-methyl/N-ethyl adjacent to an activating group) is 1. The van der Waals surface area contributed by atoms with E-state index in [2.05, 4.69) is 24.1 Å². The highest BCUT2D eigenvalue weighted by Gasteiger charge is 2.33. The van der Waals surface area contributed by atoms with Crippen LogP contribution in [-0.2, 0) is 14.8 Å². The molecule has 8 heteroatoms. The molecule has 0 bridgehead atoms. The number of carbonyl (C=O) groups excluding carboxylic acids is 1. The topological polar surface area (TPSA) is 69.7 Å². The molecule has 1 aromatic rings. The summed E-state index contributed by atoms with van der Waals surface area (Å²) in [5.74, 6) is -0.365. The van der Waals surface area contributed by atoms with Crippen molar-refractivity contribution in [1.29, 1.82) is 0 Å². The van der Waals surface area contributed by atoms with Crippen LogP contribution < -0.4 is 5.32 Å². The van der Waals surface area contributed by atoms with E-state index < -0.39 is 10.0 Å². The number of piperidine rings is 1. The molecule has 1 N–H and O–H groups in total. The van der Waals surface area contributed by atoms with Gasteiger partial charge >= 0.3 is 0 Å². The Labute approximate surface area is 161 Å². The number of benzene rings is 1. The summed E-state index contributed by atoms with van der Waals surface area (Å²) >= 11 is 5.84. The number of rotatable bonds is 8. The molecular formula is C18H28ClN3O3S. The molecule has 1 heterocycles. The summed E-state index contributed by atoms with van der Waals surface area (Å²) in [6.45, 7) is 8.12. The maximum absolute atomic E-state index is 12.8. The van der Waals surface area contributed by atoms with Gasteiger partial charge in [-0.3, -0.25) is 4.79 Å². The van der Waals surface area contributed by atoms with E-state index in [0.717, 1.165) is 19.6 Å². The fourth-order valence-corrected chi connectivity index (χ4v) is 4.80. The van der Waals surface area contributed by atoms with E-state index in [9.17, 15) is 13.2 Å². The number of amides is 1. The standard InChI is InChI=1S/C18H28ClN3O3S/c1-3-21(4-2)13-11-20-18(23)15-6-5-12-22(14-15)26(24,25)17-9-7-16(19)8-10-17/h7-10,15H,3-6,11-14H2,1-2H3,(H,20,23). The van der Waals surface area contributed by atoms with Gasteiger partial charge in [-0.1, -0.05) is 25.4 Å². The molecule has 1 aliphatic rings. The van der Waals surface area contributed by atoms with Crippen LogP contribution in [0.1, 0.15) is 26.7 Å². The van der Waals surface area contributed by atoms with Gasteiger partial charge < -0.3 is 10.2 Å². The minimum Gasteiger partial charge on any atom is -0.355 e. The van der Waals surface area contributed by atoms with Crippen LogP contribution in [0.25, 0.3) is 0 Å². The maximum Gasteiger partial charge on any atom is 0.243 e. The summed E-state index contributed by atoms with van der Waals surface area (Å²) in [7, 11) is -3.60. The van der Waals surface area contributed by atoms with Crippen LogP contribution >= 0.6 is 11.6 Å². The van der Waals surface area contributed by atoms with Gasteiger partial charge in [0, 0.05) is 31.2 Å². The highest BCUT2D eigenvalue weighted by molar-refractivity contribution is 7.89. The molecule has 0 aromatic heterocycles. The van der Waals surface area contributed by atoms with Crippen LogP contribution in [0.4, 0.5) is 0 Å². The SMILES string of the molecule is CCN(CC)CCNC(=O)C1CCCN(S(=O)(=O)c2ccc(Cl)cc2)C1. The zero-order valence-electron chi connectivity index (χ0n) is 15.4. The Kier molecular flexibility index (Phi) is 7.88. The van der Waals surface area contributed by atoms with Gasteiger partial charge in [-0.25, -0.2) is 8.42 Å². The summed E-state index contributed by atoms with van der Waals surface area (Å²) in [5.41, 5.74) is 0. The van der Waals surface area contributed by atoms with E-state index in [0.29, 0.717) is 31.0 Å². The van der Waals surface area contributed by atoms with Crippen molar-refractivity contribution >= 4 is 27.5 Å². The fourth-order valence-electron chi connectivity index (χ4n) is 3.15. The number of halogens is 1. The second-order valence-electron chi connectivity index (χ2n) is 6.47. The first-order valence-corrected chi connectivity index (χ1v) is 11.0. The average Bonchev–Trinajstić information content (AvgIpc) is 2.65. The second kappa shape index (κ2) is 9.69. The normalized spacial score (nSPS) is 18.8. The molecule has 26 heavy (non-hydrogen) atoms. The smallest absolute Gasteiger partial charge is 0.243 e. The molecule has 1 fully saturated rings. The summed E-state index contributed by atoms with van der Waals surface area (Å²) in [6.07, 6.45) is 1.39. The molecule has 2 rings (SSSR count). The number of hydrogen-bond donors (Lipinski definition) is 1. The van der Waals surface area contributed by atoms with E-state index >= 15 is 0 Å². The molecule has 1 atom stereocenters. The molecule has 1 aromatic carbocycles. The van der Waals surface area contributed by atoms with Crippen molar-refractivity contribution in [3.05, 3.63) is 29.3 Å². The Hall–Kier alpha value is -1.15. The van der Waals surface area contributed by atoms with E-state index in [-0.39, 0.29) is 23.3 Å². The first kappa shape index (κ1) is 21.2. The number of nitrogens with one attached hydrogen (secondary N) is 1. The lowest BCUT2D eigenvalue weighted by Gasteiger charge is -2.31. The molecular weight excluding hydrogens is 374 g/mol. The summed E-state index contributed by atoms with van der Waals surface area (Å²) in [6, 6.07) is 6.14. The highest BCUT2D eigenvalue weighted by atomic mass is 35.5. The lowest BCUT2D eigenvalue weighted by atomic mass is 9.99. The van der Waals surface area contributed by atoms with Crippen LogP contribution in [0, 0.1) is 5.92 Å². The zero-order valence-corrected chi connectivity index (χ0v) is 17.0. The van der Waals surface area contributed by atoms with Gasteiger partial charge in [0.1, 0.15) is 0 Å². The molecule has 0 saturated carbocycles. The Morgan fingerprint density at radius 1 is 1.27 bits per heavy atom. The molecule has 146 valence electrons. The Morgan fingerprint density at radius 3 is 2.54 bits per heavy atom. The average molecular weight is 402 g/mol. The van der Waals surface area contributed by atoms with Crippen LogP contribution in [0.2, 0.25) is 5.02 Å². The zero-order chi connectivity index (χ0) is 19.2. The van der Waals surface area contributed by atoms with Gasteiger partial charge in [0.05, 0.1) is 10.8 Å². The number of sulfonamides is 1. The van der Waals surface area contributed by atoms with Crippen molar-refractivity contribution in [2.75, 3.05) is 39.3 Å².